The van der Waals surface area contributed by atoms with E-state index in [4.69, 9.17) is 16.3 Å². The smallest absolute Gasteiger partial charge is 0.320 e. The summed E-state index contributed by atoms with van der Waals surface area (Å²) in [6.07, 6.45) is 1.91. The Balaban J connectivity index is 1.68. The zero-order valence-electron chi connectivity index (χ0n) is 17.5. The number of fused-ring (bicyclic) bond motifs is 2. The minimum atomic E-state index is -0.781. The van der Waals surface area contributed by atoms with Gasteiger partial charge in [-0.05, 0) is 49.2 Å². The van der Waals surface area contributed by atoms with Gasteiger partial charge in [-0.2, -0.15) is 5.10 Å². The molecule has 0 saturated carbocycles. The monoisotopic (exact) mass is 438 g/mol. The molecule has 0 radical (unpaired) electrons. The number of aromatic amines is 1. The Morgan fingerprint density at radius 1 is 1.19 bits per heavy atom. The molecule has 0 unspecified atom stereocenters. The highest BCUT2D eigenvalue weighted by Gasteiger charge is 2.26. The SMILES string of the molecule is Cn1nc(C(=O)NC(C)(C)COC(=O)CCl)c2cc(-c3cccc4[nH]ccc34)ccc21. The number of carbonyl (C=O) groups is 2. The summed E-state index contributed by atoms with van der Waals surface area (Å²) in [6.45, 7) is 3.56. The van der Waals surface area contributed by atoms with Crippen LogP contribution in [0.2, 0.25) is 0 Å². The van der Waals surface area contributed by atoms with Crippen molar-refractivity contribution in [3.8, 4) is 11.1 Å². The van der Waals surface area contributed by atoms with E-state index in [9.17, 15) is 9.59 Å². The summed E-state index contributed by atoms with van der Waals surface area (Å²) in [5, 5.41) is 9.20. The van der Waals surface area contributed by atoms with Crippen molar-refractivity contribution in [2.24, 2.45) is 7.05 Å². The van der Waals surface area contributed by atoms with E-state index in [1.807, 2.05) is 42.6 Å². The fourth-order valence-corrected chi connectivity index (χ4v) is 3.72. The number of nitrogens with one attached hydrogen (secondary N) is 2. The molecule has 8 heteroatoms. The highest BCUT2D eigenvalue weighted by atomic mass is 35.5. The Labute approximate surface area is 184 Å². The van der Waals surface area contributed by atoms with Crippen molar-refractivity contribution in [3.05, 3.63) is 54.4 Å². The fraction of sp³-hybridized carbons (Fsp3) is 0.261. The average molecular weight is 439 g/mol. The van der Waals surface area contributed by atoms with Crippen LogP contribution in [0.1, 0.15) is 24.3 Å². The summed E-state index contributed by atoms with van der Waals surface area (Å²) in [6, 6.07) is 14.1. The molecule has 0 aliphatic rings. The minimum Gasteiger partial charge on any atom is -0.462 e. The molecule has 0 saturated heterocycles. The first-order chi connectivity index (χ1) is 14.8. The van der Waals surface area contributed by atoms with E-state index in [1.54, 1.807) is 25.6 Å². The van der Waals surface area contributed by atoms with Gasteiger partial charge in [-0.3, -0.25) is 14.3 Å². The fourth-order valence-electron chi connectivity index (χ4n) is 3.64. The molecule has 4 aromatic rings. The van der Waals surface area contributed by atoms with Gasteiger partial charge in [0.25, 0.3) is 5.91 Å². The van der Waals surface area contributed by atoms with Crippen molar-refractivity contribution >= 4 is 45.3 Å². The molecule has 2 aromatic heterocycles. The lowest BCUT2D eigenvalue weighted by atomic mass is 9.99. The minimum absolute atomic E-state index is 0.00972. The molecule has 0 bridgehead atoms. The average Bonchev–Trinajstić information content (AvgIpc) is 3.36. The molecule has 0 aliphatic heterocycles. The Morgan fingerprint density at radius 3 is 2.77 bits per heavy atom. The van der Waals surface area contributed by atoms with Gasteiger partial charge in [0, 0.05) is 29.5 Å². The summed E-state index contributed by atoms with van der Waals surface area (Å²) >= 11 is 5.47. The van der Waals surface area contributed by atoms with Crippen LogP contribution in [0.3, 0.4) is 0 Å². The molecule has 2 heterocycles. The molecular formula is C23H23ClN4O3. The highest BCUT2D eigenvalue weighted by Crippen LogP contribution is 2.31. The first-order valence-electron chi connectivity index (χ1n) is 9.86. The number of rotatable bonds is 6. The summed E-state index contributed by atoms with van der Waals surface area (Å²) in [5.74, 6) is -1.10. The number of ether oxygens (including phenoxy) is 1. The van der Waals surface area contributed by atoms with E-state index < -0.39 is 11.5 Å². The molecule has 2 aromatic carbocycles. The number of aryl methyl sites for hydroxylation is 1. The van der Waals surface area contributed by atoms with Gasteiger partial charge in [0.15, 0.2) is 5.69 Å². The van der Waals surface area contributed by atoms with Crippen LogP contribution in [0.5, 0.6) is 0 Å². The molecule has 0 aliphatic carbocycles. The summed E-state index contributed by atoms with van der Waals surface area (Å²) in [5.41, 5.74) is 3.50. The molecule has 7 nitrogen and oxygen atoms in total. The second-order valence-electron chi connectivity index (χ2n) is 8.08. The Hall–Kier alpha value is -3.32. The van der Waals surface area contributed by atoms with Gasteiger partial charge in [0.2, 0.25) is 0 Å². The molecule has 4 rings (SSSR count). The van der Waals surface area contributed by atoms with Crippen molar-refractivity contribution < 1.29 is 14.3 Å². The standard InChI is InChI=1S/C23H23ClN4O3/c1-23(2,13-31-20(29)12-24)26-22(30)21-17-11-14(7-8-19(17)28(3)27-21)15-5-4-6-18-16(15)9-10-25-18/h4-11,25H,12-13H2,1-3H3,(H,26,30). The third kappa shape index (κ3) is 4.14. The number of amides is 1. The Bertz CT molecular complexity index is 1290. The van der Waals surface area contributed by atoms with E-state index in [0.717, 1.165) is 32.9 Å². The number of H-pyrrole nitrogens is 1. The maximum Gasteiger partial charge on any atom is 0.320 e. The lowest BCUT2D eigenvalue weighted by Crippen LogP contribution is -2.47. The Morgan fingerprint density at radius 2 is 2.00 bits per heavy atom. The van der Waals surface area contributed by atoms with Crippen molar-refractivity contribution in [3.63, 3.8) is 0 Å². The van der Waals surface area contributed by atoms with Gasteiger partial charge < -0.3 is 15.0 Å². The van der Waals surface area contributed by atoms with E-state index in [1.165, 1.54) is 0 Å². The van der Waals surface area contributed by atoms with Crippen LogP contribution in [0.15, 0.2) is 48.7 Å². The van der Waals surface area contributed by atoms with Crippen molar-refractivity contribution in [1.82, 2.24) is 20.1 Å². The quantitative estimate of drug-likeness (QED) is 0.351. The van der Waals surface area contributed by atoms with Crippen LogP contribution in [0.4, 0.5) is 0 Å². The van der Waals surface area contributed by atoms with Gasteiger partial charge >= 0.3 is 5.97 Å². The zero-order chi connectivity index (χ0) is 22.2. The van der Waals surface area contributed by atoms with Crippen LogP contribution < -0.4 is 5.32 Å². The first-order valence-corrected chi connectivity index (χ1v) is 10.4. The van der Waals surface area contributed by atoms with Crippen LogP contribution in [-0.2, 0) is 16.6 Å². The number of hydrogen-bond acceptors (Lipinski definition) is 4. The summed E-state index contributed by atoms with van der Waals surface area (Å²) < 4.78 is 6.77. The molecule has 0 fully saturated rings. The van der Waals surface area contributed by atoms with E-state index in [-0.39, 0.29) is 18.4 Å². The number of esters is 1. The van der Waals surface area contributed by atoms with Crippen LogP contribution in [0, 0.1) is 0 Å². The lowest BCUT2D eigenvalue weighted by molar-refractivity contribution is -0.142. The van der Waals surface area contributed by atoms with Crippen LogP contribution >= 0.6 is 11.6 Å². The third-order valence-corrected chi connectivity index (χ3v) is 5.34. The summed E-state index contributed by atoms with van der Waals surface area (Å²) in [4.78, 5) is 27.6. The lowest BCUT2D eigenvalue weighted by Gasteiger charge is -2.25. The topological polar surface area (TPSA) is 89.0 Å². The van der Waals surface area contributed by atoms with Gasteiger partial charge in [0.1, 0.15) is 12.5 Å². The second-order valence-corrected chi connectivity index (χ2v) is 8.35. The third-order valence-electron chi connectivity index (χ3n) is 5.13. The number of benzene rings is 2. The van der Waals surface area contributed by atoms with Gasteiger partial charge in [0.05, 0.1) is 11.1 Å². The number of carbonyl (C=O) groups excluding carboxylic acids is 2. The predicted octanol–water partition coefficient (Wildman–Crippen LogP) is 4.01. The van der Waals surface area contributed by atoms with Crippen molar-refractivity contribution in [2.75, 3.05) is 12.5 Å². The van der Waals surface area contributed by atoms with E-state index in [0.29, 0.717) is 5.69 Å². The first kappa shape index (κ1) is 20.9. The second kappa shape index (κ2) is 8.07. The maximum atomic E-state index is 13.1. The summed E-state index contributed by atoms with van der Waals surface area (Å²) in [7, 11) is 1.80. The predicted molar refractivity (Wildman–Crippen MR) is 121 cm³/mol. The number of hydrogen-bond donors (Lipinski definition) is 2. The van der Waals surface area contributed by atoms with Gasteiger partial charge in [-0.25, -0.2) is 0 Å². The molecule has 31 heavy (non-hydrogen) atoms. The number of halogens is 1. The molecule has 2 N–H and O–H groups in total. The zero-order valence-corrected chi connectivity index (χ0v) is 18.3. The van der Waals surface area contributed by atoms with Gasteiger partial charge in [-0.1, -0.05) is 18.2 Å². The van der Waals surface area contributed by atoms with Crippen molar-refractivity contribution in [1.29, 1.82) is 0 Å². The normalized spacial score (nSPS) is 11.7. The molecule has 1 amide bonds. The maximum absolute atomic E-state index is 13.1. The van der Waals surface area contributed by atoms with Gasteiger partial charge in [-0.15, -0.1) is 11.6 Å². The largest absolute Gasteiger partial charge is 0.462 e. The number of alkyl halides is 1. The highest BCUT2D eigenvalue weighted by molar-refractivity contribution is 6.26. The van der Waals surface area contributed by atoms with Crippen LogP contribution in [-0.4, -0.2) is 44.7 Å². The molecule has 0 atom stereocenters. The van der Waals surface area contributed by atoms with Crippen molar-refractivity contribution in [2.45, 2.75) is 19.4 Å². The number of aromatic nitrogens is 3. The Kier molecular flexibility index (Phi) is 5.45. The van der Waals surface area contributed by atoms with Crippen LogP contribution in [0.25, 0.3) is 32.9 Å². The molecular weight excluding hydrogens is 416 g/mol. The molecule has 160 valence electrons. The van der Waals surface area contributed by atoms with E-state index >= 15 is 0 Å². The molecule has 0 spiro atoms. The van der Waals surface area contributed by atoms with E-state index in [2.05, 4.69) is 21.5 Å². The number of nitrogens with zero attached hydrogens (tertiary/aromatic N) is 2.